The highest BCUT2D eigenvalue weighted by Crippen LogP contribution is 2.44. The molecule has 0 saturated heterocycles. The van der Waals surface area contributed by atoms with Crippen LogP contribution in [0, 0.1) is 0 Å². The van der Waals surface area contributed by atoms with E-state index in [1.807, 2.05) is 24.5 Å². The van der Waals surface area contributed by atoms with Crippen molar-refractivity contribution in [2.75, 3.05) is 16.5 Å². The molecule has 1 aliphatic rings. The summed E-state index contributed by atoms with van der Waals surface area (Å²) in [6.07, 6.45) is 3.78. The normalized spacial score (nSPS) is 13.0. The zero-order chi connectivity index (χ0) is 35.7. The van der Waals surface area contributed by atoms with E-state index in [0.29, 0.717) is 6.67 Å². The Morgan fingerprint density at radius 1 is 0.528 bits per heavy atom. The van der Waals surface area contributed by atoms with Crippen molar-refractivity contribution in [2.24, 2.45) is 0 Å². The average molecular weight is 688 g/mol. The molecule has 53 heavy (non-hydrogen) atoms. The molecule has 0 amide bonds. The predicted octanol–water partition coefficient (Wildman–Crippen LogP) is 12.2. The van der Waals surface area contributed by atoms with Gasteiger partial charge in [-0.25, -0.2) is 9.97 Å². The number of pyridine rings is 2. The number of anilines is 4. The Morgan fingerprint density at radius 3 is 2.17 bits per heavy atom. The van der Waals surface area contributed by atoms with Gasteiger partial charge in [-0.1, -0.05) is 87.5 Å². The molecule has 6 nitrogen and oxygen atoms in total. The second kappa shape index (κ2) is 12.0. The molecule has 0 N–H and O–H groups in total. The molecule has 6 heteroatoms. The Bertz CT molecular complexity index is 2870. The summed E-state index contributed by atoms with van der Waals surface area (Å²) in [6.45, 7) is 7.33. The van der Waals surface area contributed by atoms with Crippen molar-refractivity contribution < 1.29 is 4.74 Å². The van der Waals surface area contributed by atoms with Gasteiger partial charge in [-0.05, 0) is 99.3 Å². The van der Waals surface area contributed by atoms with E-state index in [4.69, 9.17) is 14.7 Å². The molecule has 0 fully saturated rings. The summed E-state index contributed by atoms with van der Waals surface area (Å²) in [6, 6.07) is 51.3. The molecule has 3 aromatic heterocycles. The first-order chi connectivity index (χ1) is 25.9. The van der Waals surface area contributed by atoms with Crippen LogP contribution in [0.5, 0.6) is 11.5 Å². The molecule has 9 aromatic rings. The molecule has 256 valence electrons. The average Bonchev–Trinajstić information content (AvgIpc) is 3.74. The van der Waals surface area contributed by atoms with E-state index >= 15 is 0 Å². The maximum atomic E-state index is 6.65. The standard InChI is InChI=1S/C47H37N5O/c1-47(2,3)33-23-25-48-45(26-33)52-42-15-7-6-14-39(42)40-22-21-37(29-44(40)52)53-36-12-8-11-34(27-36)50-30-51(46-43(50)16-9-24-49-46)35-20-19-32-18-17-31-10-4-5-13-38(31)41(32)28-35/h4-29H,30H2,1-3H3. The number of hydrogen-bond donors (Lipinski definition) is 0. The molecule has 6 aromatic carbocycles. The lowest BCUT2D eigenvalue weighted by Gasteiger charge is -2.22. The van der Waals surface area contributed by atoms with Gasteiger partial charge in [0.1, 0.15) is 24.0 Å². The van der Waals surface area contributed by atoms with Crippen LogP contribution in [0.15, 0.2) is 158 Å². The Balaban J connectivity index is 1.00. The van der Waals surface area contributed by atoms with Gasteiger partial charge in [0.25, 0.3) is 0 Å². The van der Waals surface area contributed by atoms with E-state index in [-0.39, 0.29) is 5.41 Å². The van der Waals surface area contributed by atoms with Crippen LogP contribution in [0.3, 0.4) is 0 Å². The second-order valence-electron chi connectivity index (χ2n) is 14.8. The third kappa shape index (κ3) is 5.25. The zero-order valence-electron chi connectivity index (χ0n) is 29.9. The summed E-state index contributed by atoms with van der Waals surface area (Å²) in [5, 5.41) is 7.30. The summed E-state index contributed by atoms with van der Waals surface area (Å²) in [5.41, 5.74) is 6.60. The van der Waals surface area contributed by atoms with Crippen molar-refractivity contribution in [2.45, 2.75) is 26.2 Å². The fraction of sp³-hybridized carbons (Fsp3) is 0.106. The van der Waals surface area contributed by atoms with Crippen LogP contribution in [0.4, 0.5) is 22.9 Å². The van der Waals surface area contributed by atoms with Gasteiger partial charge in [0.2, 0.25) is 0 Å². The lowest BCUT2D eigenvalue weighted by Crippen LogP contribution is -2.24. The summed E-state index contributed by atoms with van der Waals surface area (Å²) in [7, 11) is 0. The third-order valence-electron chi connectivity index (χ3n) is 10.5. The first-order valence-corrected chi connectivity index (χ1v) is 18.1. The summed E-state index contributed by atoms with van der Waals surface area (Å²) < 4.78 is 8.90. The van der Waals surface area contributed by atoms with E-state index in [9.17, 15) is 0 Å². The van der Waals surface area contributed by atoms with Crippen LogP contribution < -0.4 is 14.5 Å². The minimum atomic E-state index is 0.00303. The maximum absolute atomic E-state index is 6.65. The first-order valence-electron chi connectivity index (χ1n) is 18.1. The Kier molecular flexibility index (Phi) is 7.02. The van der Waals surface area contributed by atoms with Crippen LogP contribution in [-0.4, -0.2) is 21.2 Å². The van der Waals surface area contributed by atoms with Crippen molar-refractivity contribution >= 4 is 66.2 Å². The quantitative estimate of drug-likeness (QED) is 0.169. The lowest BCUT2D eigenvalue weighted by atomic mass is 9.88. The SMILES string of the molecule is CC(C)(C)c1ccnc(-n2c3ccccc3c3ccc(Oc4cccc(N5CN(c6ccc7ccc8ccccc8c7c6)c6ncccc65)c4)cc32)c1. The molecule has 0 saturated carbocycles. The van der Waals surface area contributed by atoms with Crippen molar-refractivity contribution in [3.63, 3.8) is 0 Å². The van der Waals surface area contributed by atoms with Crippen molar-refractivity contribution in [3.05, 3.63) is 164 Å². The molecule has 0 unspecified atom stereocenters. The van der Waals surface area contributed by atoms with E-state index in [2.05, 4.69) is 169 Å². The molecule has 0 spiro atoms. The van der Waals surface area contributed by atoms with Crippen molar-refractivity contribution in [1.82, 2.24) is 14.5 Å². The highest BCUT2D eigenvalue weighted by Gasteiger charge is 2.29. The summed E-state index contributed by atoms with van der Waals surface area (Å²) >= 11 is 0. The number of fused-ring (bicyclic) bond motifs is 7. The lowest BCUT2D eigenvalue weighted by molar-refractivity contribution is 0.483. The van der Waals surface area contributed by atoms with Crippen LogP contribution in [0.25, 0.3) is 49.2 Å². The first kappa shape index (κ1) is 31.1. The zero-order valence-corrected chi connectivity index (χ0v) is 29.9. The van der Waals surface area contributed by atoms with Gasteiger partial charge in [-0.3, -0.25) is 4.57 Å². The molecule has 0 radical (unpaired) electrons. The van der Waals surface area contributed by atoms with Crippen LogP contribution >= 0.6 is 0 Å². The van der Waals surface area contributed by atoms with E-state index in [1.165, 1.54) is 32.5 Å². The molecule has 10 rings (SSSR count). The molecular weight excluding hydrogens is 651 g/mol. The highest BCUT2D eigenvalue weighted by molar-refractivity contribution is 6.10. The van der Waals surface area contributed by atoms with Gasteiger partial charge < -0.3 is 14.5 Å². The number of aromatic nitrogens is 3. The second-order valence-corrected chi connectivity index (χ2v) is 14.8. The van der Waals surface area contributed by atoms with Crippen LogP contribution in [0.2, 0.25) is 0 Å². The molecule has 0 aliphatic carbocycles. The van der Waals surface area contributed by atoms with E-state index < -0.39 is 0 Å². The molecule has 1 aliphatic heterocycles. The minimum absolute atomic E-state index is 0.00303. The highest BCUT2D eigenvalue weighted by atomic mass is 16.5. The Hall–Kier alpha value is -6.66. The van der Waals surface area contributed by atoms with Gasteiger partial charge in [-0.2, -0.15) is 0 Å². The van der Waals surface area contributed by atoms with Gasteiger partial charge in [-0.15, -0.1) is 0 Å². The van der Waals surface area contributed by atoms with Gasteiger partial charge in [0.05, 0.1) is 16.7 Å². The monoisotopic (exact) mass is 687 g/mol. The van der Waals surface area contributed by atoms with Gasteiger partial charge >= 0.3 is 0 Å². The van der Waals surface area contributed by atoms with E-state index in [0.717, 1.165) is 56.6 Å². The van der Waals surface area contributed by atoms with Gasteiger partial charge in [0, 0.05) is 46.7 Å². The molecule has 0 atom stereocenters. The maximum Gasteiger partial charge on any atom is 0.158 e. The minimum Gasteiger partial charge on any atom is -0.457 e. The fourth-order valence-corrected chi connectivity index (χ4v) is 7.79. The summed E-state index contributed by atoms with van der Waals surface area (Å²) in [5.74, 6) is 3.35. The van der Waals surface area contributed by atoms with Crippen LogP contribution in [0.1, 0.15) is 26.3 Å². The number of para-hydroxylation sites is 1. The number of rotatable bonds is 5. The molecular formula is C47H37N5O. The van der Waals surface area contributed by atoms with E-state index in [1.54, 1.807) is 0 Å². The van der Waals surface area contributed by atoms with Crippen molar-refractivity contribution in [1.29, 1.82) is 0 Å². The number of hydrogen-bond acceptors (Lipinski definition) is 5. The summed E-state index contributed by atoms with van der Waals surface area (Å²) in [4.78, 5) is 14.3. The smallest absolute Gasteiger partial charge is 0.158 e. The number of nitrogens with zero attached hydrogens (tertiary/aromatic N) is 5. The topological polar surface area (TPSA) is 46.4 Å². The third-order valence-corrected chi connectivity index (χ3v) is 10.5. The Labute approximate surface area is 308 Å². The van der Waals surface area contributed by atoms with Gasteiger partial charge in [0.15, 0.2) is 5.82 Å². The molecule has 4 heterocycles. The fourth-order valence-electron chi connectivity index (χ4n) is 7.79. The number of ether oxygens (including phenoxy) is 1. The van der Waals surface area contributed by atoms with Crippen molar-refractivity contribution in [3.8, 4) is 17.3 Å². The largest absolute Gasteiger partial charge is 0.457 e. The molecule has 0 bridgehead atoms. The predicted molar refractivity (Wildman–Crippen MR) is 219 cm³/mol. The number of benzene rings is 6. The Morgan fingerprint density at radius 2 is 1.28 bits per heavy atom. The van der Waals surface area contributed by atoms with Crippen LogP contribution in [-0.2, 0) is 5.41 Å².